The van der Waals surface area contributed by atoms with Gasteiger partial charge in [0, 0.05) is 18.9 Å². The maximum Gasteiger partial charge on any atom is 0.407 e. The van der Waals surface area contributed by atoms with E-state index < -0.39 is 6.09 Å². The molecule has 1 N–H and O–H groups in total. The van der Waals surface area contributed by atoms with Crippen molar-refractivity contribution in [2.24, 2.45) is 5.92 Å². The topological polar surface area (TPSA) is 124 Å². The summed E-state index contributed by atoms with van der Waals surface area (Å²) in [7, 11) is 1.46. The number of alkyl carbamates (subject to hydrolysis) is 1. The molecule has 0 aliphatic heterocycles. The molecule has 10 heteroatoms. The van der Waals surface area contributed by atoms with E-state index in [1.165, 1.54) is 14.2 Å². The summed E-state index contributed by atoms with van der Waals surface area (Å²) in [6, 6.07) is 0. The van der Waals surface area contributed by atoms with Gasteiger partial charge in [-0.1, -0.05) is 12.7 Å². The molecule has 25 heavy (non-hydrogen) atoms. The van der Waals surface area contributed by atoms with E-state index in [2.05, 4.69) is 25.7 Å². The van der Waals surface area contributed by atoms with Crippen LogP contribution in [0.1, 0.15) is 37.8 Å². The van der Waals surface area contributed by atoms with Crippen molar-refractivity contribution in [3.05, 3.63) is 11.6 Å². The molecule has 1 rings (SSSR count). The normalized spacial score (nSPS) is 11.4. The Balaban J connectivity index is 2.08. The van der Waals surface area contributed by atoms with Crippen LogP contribution < -0.4 is 5.32 Å². The van der Waals surface area contributed by atoms with Crippen molar-refractivity contribution in [3.63, 3.8) is 0 Å². The summed E-state index contributed by atoms with van der Waals surface area (Å²) in [6.07, 6.45) is 3.23. The molecule has 0 bridgehead atoms. The van der Waals surface area contributed by atoms with Crippen molar-refractivity contribution in [1.29, 1.82) is 0 Å². The van der Waals surface area contributed by atoms with Gasteiger partial charge in [0.05, 0.1) is 6.19 Å². The lowest BCUT2D eigenvalue weighted by atomic mass is 9.69. The second-order valence-electron chi connectivity index (χ2n) is 5.59. The summed E-state index contributed by atoms with van der Waals surface area (Å²) in [5.74, 6) is 0.848. The maximum atomic E-state index is 11.5. The number of unbranched alkanes of at least 4 members (excludes halogenated alkanes) is 1. The van der Waals surface area contributed by atoms with Crippen LogP contribution >= 0.6 is 0 Å². The monoisotopic (exact) mass is 348 g/mol. The third-order valence-electron chi connectivity index (χ3n) is 3.52. The second kappa shape index (κ2) is 12.0. The number of carbonyl (C=O) groups excluding carboxylic acids is 3. The minimum Gasteiger partial charge on any atom is -0.449 e. The number of Topliss-reactive ketones (excluding diaryl/α,β-unsaturated/α-hetero) is 1. The van der Waals surface area contributed by atoms with E-state index in [0.717, 1.165) is 12.8 Å². The summed E-state index contributed by atoms with van der Waals surface area (Å²) in [5, 5.41) is 17.8. The number of aromatic nitrogens is 4. The number of hydrogen-bond donors (Lipinski definition) is 1. The molecule has 0 saturated heterocycles. The Kier molecular flexibility index (Phi) is 9.95. The highest BCUT2D eigenvalue weighted by atomic mass is 16.5. The zero-order valence-electron chi connectivity index (χ0n) is 14.6. The molecule has 0 aliphatic rings. The first kappa shape index (κ1) is 20.7. The Morgan fingerprint density at radius 3 is 2.60 bits per heavy atom. The molecule has 0 aliphatic carbocycles. The van der Waals surface area contributed by atoms with Gasteiger partial charge >= 0.3 is 6.09 Å². The van der Waals surface area contributed by atoms with Gasteiger partial charge in [0.25, 0.3) is 0 Å². The number of hydrogen-bond acceptors (Lipinski definition) is 8. The van der Waals surface area contributed by atoms with Crippen LogP contribution in [-0.2, 0) is 20.7 Å². The van der Waals surface area contributed by atoms with Gasteiger partial charge in [-0.05, 0) is 26.7 Å². The van der Waals surface area contributed by atoms with Crippen molar-refractivity contribution < 1.29 is 19.1 Å². The van der Waals surface area contributed by atoms with Crippen LogP contribution in [0.3, 0.4) is 0 Å². The minimum absolute atomic E-state index is 0.0766. The van der Waals surface area contributed by atoms with Crippen molar-refractivity contribution in [2.75, 3.05) is 13.2 Å². The Hall–Kier alpha value is -2.39. The van der Waals surface area contributed by atoms with Crippen LogP contribution in [-0.4, -0.2) is 58.9 Å². The molecular weight excluding hydrogens is 325 g/mol. The smallest absolute Gasteiger partial charge is 0.407 e. The SMILES string of the molecule is CC(=O)C(C[B]C=O)CCCCNC(=O)OCCc1nnc(C)nn1. The molecule has 1 aromatic heterocycles. The number of aryl methyl sites for hydroxylation is 1. The maximum absolute atomic E-state index is 11.5. The lowest BCUT2D eigenvalue weighted by Crippen LogP contribution is -2.26. The fourth-order valence-electron chi connectivity index (χ4n) is 2.10. The number of ether oxygens (including phenoxy) is 1. The predicted octanol–water partition coefficient (Wildman–Crippen LogP) is 0.532. The van der Waals surface area contributed by atoms with Crippen LogP contribution in [0.2, 0.25) is 6.32 Å². The van der Waals surface area contributed by atoms with Crippen molar-refractivity contribution in [2.45, 2.75) is 45.9 Å². The van der Waals surface area contributed by atoms with Gasteiger partial charge in [0.2, 0.25) is 0 Å². The summed E-state index contributed by atoms with van der Waals surface area (Å²) < 4.78 is 5.01. The van der Waals surface area contributed by atoms with Crippen LogP contribution in [0, 0.1) is 12.8 Å². The highest BCUT2D eigenvalue weighted by Crippen LogP contribution is 2.13. The van der Waals surface area contributed by atoms with Gasteiger partial charge in [-0.3, -0.25) is 4.79 Å². The zero-order valence-corrected chi connectivity index (χ0v) is 14.6. The third-order valence-corrected chi connectivity index (χ3v) is 3.52. The first-order valence-corrected chi connectivity index (χ1v) is 8.24. The predicted molar refractivity (Wildman–Crippen MR) is 90.7 cm³/mol. The third kappa shape index (κ3) is 9.48. The zero-order chi connectivity index (χ0) is 18.5. The van der Waals surface area contributed by atoms with E-state index in [0.29, 0.717) is 43.5 Å². The van der Waals surface area contributed by atoms with Gasteiger partial charge in [0.15, 0.2) is 18.9 Å². The summed E-state index contributed by atoms with van der Waals surface area (Å²) in [6.45, 7) is 3.83. The average Bonchev–Trinajstić information content (AvgIpc) is 2.58. The second-order valence-corrected chi connectivity index (χ2v) is 5.59. The Morgan fingerprint density at radius 1 is 1.24 bits per heavy atom. The molecule has 1 aromatic rings. The highest BCUT2D eigenvalue weighted by molar-refractivity contribution is 6.66. The molecule has 1 amide bonds. The standard InChI is InChI=1S/C15H23BN5O4/c1-11(23)13(9-16-10-22)5-3-4-7-17-15(24)25-8-6-14-20-18-12(2)19-21-14/h10,13H,3-9H2,1-2H3,(H,17,24). The van der Waals surface area contributed by atoms with Gasteiger partial charge < -0.3 is 14.8 Å². The number of rotatable bonds is 12. The molecule has 1 atom stereocenters. The van der Waals surface area contributed by atoms with Gasteiger partial charge in [-0.2, -0.15) is 0 Å². The van der Waals surface area contributed by atoms with Crippen molar-refractivity contribution >= 4 is 25.3 Å². The van der Waals surface area contributed by atoms with Crippen LogP contribution in [0.15, 0.2) is 0 Å². The summed E-state index contributed by atoms with van der Waals surface area (Å²) >= 11 is 0. The summed E-state index contributed by atoms with van der Waals surface area (Å²) in [5.41, 5.74) is 0. The van der Waals surface area contributed by atoms with Crippen LogP contribution in [0.25, 0.3) is 0 Å². The number of ketones is 1. The van der Waals surface area contributed by atoms with Crippen molar-refractivity contribution in [1.82, 2.24) is 25.7 Å². The van der Waals surface area contributed by atoms with Crippen molar-refractivity contribution in [3.8, 4) is 0 Å². The van der Waals surface area contributed by atoms with Crippen LogP contribution in [0.5, 0.6) is 0 Å². The van der Waals surface area contributed by atoms with Gasteiger partial charge in [-0.25, -0.2) is 4.79 Å². The molecule has 0 fully saturated rings. The Morgan fingerprint density at radius 2 is 1.96 bits per heavy atom. The molecule has 1 radical (unpaired) electrons. The molecular formula is C15H23BN5O4. The van der Waals surface area contributed by atoms with E-state index in [4.69, 9.17) is 4.74 Å². The first-order chi connectivity index (χ1) is 12.0. The summed E-state index contributed by atoms with van der Waals surface area (Å²) in [4.78, 5) is 33.3. The fraction of sp³-hybridized carbons (Fsp3) is 0.667. The van der Waals surface area contributed by atoms with E-state index >= 15 is 0 Å². The van der Waals surface area contributed by atoms with E-state index in [9.17, 15) is 14.4 Å². The van der Waals surface area contributed by atoms with Gasteiger partial charge in [-0.15, -0.1) is 20.4 Å². The van der Waals surface area contributed by atoms with E-state index in [1.807, 2.05) is 0 Å². The Bertz CT molecular complexity index is 555. The molecule has 135 valence electrons. The number of nitrogens with zero attached hydrogens (tertiary/aromatic N) is 4. The average molecular weight is 348 g/mol. The van der Waals surface area contributed by atoms with E-state index in [-0.39, 0.29) is 18.3 Å². The number of nitrogens with one attached hydrogen (secondary N) is 1. The highest BCUT2D eigenvalue weighted by Gasteiger charge is 2.13. The fourth-order valence-corrected chi connectivity index (χ4v) is 2.10. The number of amides is 1. The lowest BCUT2D eigenvalue weighted by Gasteiger charge is -2.12. The first-order valence-electron chi connectivity index (χ1n) is 8.24. The molecule has 1 heterocycles. The quantitative estimate of drug-likeness (QED) is 0.330. The van der Waals surface area contributed by atoms with Gasteiger partial charge in [0.1, 0.15) is 12.4 Å². The Labute approximate surface area is 147 Å². The number of carbonyl (C=O) groups is 3. The molecule has 0 aromatic carbocycles. The molecule has 0 saturated carbocycles. The molecule has 1 unspecified atom stereocenters. The van der Waals surface area contributed by atoms with E-state index in [1.54, 1.807) is 6.92 Å². The lowest BCUT2D eigenvalue weighted by molar-refractivity contribution is -0.120. The van der Waals surface area contributed by atoms with Crippen LogP contribution in [0.4, 0.5) is 4.79 Å². The molecule has 9 nitrogen and oxygen atoms in total. The molecule has 0 spiro atoms. The largest absolute Gasteiger partial charge is 0.449 e. The minimum atomic E-state index is -0.509.